The summed E-state index contributed by atoms with van der Waals surface area (Å²) in [5, 5.41) is 5.66. The maximum Gasteiger partial charge on any atom is 0.236 e. The fraction of sp³-hybridized carbons (Fsp3) is 0.300. The number of carbonyl (C=O) groups is 1. The SMILES string of the molecule is Cc1ccc2sc(NC(=O)CSc3ncnc4sc5c(c34)CCCC5)nc2c1. The Bertz CT molecular complexity index is 1200. The molecule has 1 aliphatic carbocycles. The number of amides is 1. The van der Waals surface area contributed by atoms with E-state index in [0.717, 1.165) is 43.9 Å². The van der Waals surface area contributed by atoms with Crippen LogP contribution in [-0.2, 0) is 17.6 Å². The van der Waals surface area contributed by atoms with E-state index in [4.69, 9.17) is 0 Å². The smallest absolute Gasteiger partial charge is 0.236 e. The summed E-state index contributed by atoms with van der Waals surface area (Å²) < 4.78 is 1.08. The third kappa shape index (κ3) is 3.40. The van der Waals surface area contributed by atoms with Gasteiger partial charge in [-0.15, -0.1) is 11.3 Å². The van der Waals surface area contributed by atoms with Crippen molar-refractivity contribution in [3.8, 4) is 0 Å². The number of benzene rings is 1. The Labute approximate surface area is 174 Å². The topological polar surface area (TPSA) is 67.8 Å². The first-order valence-corrected chi connectivity index (χ1v) is 11.8. The molecule has 0 saturated heterocycles. The van der Waals surface area contributed by atoms with Crippen molar-refractivity contribution >= 4 is 65.9 Å². The Kier molecular flexibility index (Phi) is 4.78. The molecule has 5 nitrogen and oxygen atoms in total. The standard InChI is InChI=1S/C20H18N4OS3/c1-11-6-7-15-13(8-11)23-20(28-15)24-16(25)9-26-18-17-12-4-2-3-5-14(12)27-19(17)22-10-21-18/h6-8,10H,2-5,9H2,1H3,(H,23,24,25). The number of hydrogen-bond donors (Lipinski definition) is 1. The van der Waals surface area contributed by atoms with Gasteiger partial charge in [0.05, 0.1) is 16.0 Å². The van der Waals surface area contributed by atoms with Crippen molar-refractivity contribution in [3.05, 3.63) is 40.5 Å². The van der Waals surface area contributed by atoms with E-state index in [0.29, 0.717) is 10.9 Å². The molecule has 3 heterocycles. The van der Waals surface area contributed by atoms with Gasteiger partial charge >= 0.3 is 0 Å². The molecule has 142 valence electrons. The Balaban J connectivity index is 1.33. The van der Waals surface area contributed by atoms with Crippen LogP contribution < -0.4 is 5.32 Å². The number of thiophene rings is 1. The van der Waals surface area contributed by atoms with Gasteiger partial charge in [-0.3, -0.25) is 4.79 Å². The van der Waals surface area contributed by atoms with Crippen molar-refractivity contribution in [1.29, 1.82) is 0 Å². The number of thiazole rings is 1. The fourth-order valence-corrected chi connectivity index (χ4v) is 6.53. The number of nitrogens with one attached hydrogen (secondary N) is 1. The molecule has 0 saturated carbocycles. The Morgan fingerprint density at radius 1 is 1.21 bits per heavy atom. The monoisotopic (exact) mass is 426 g/mol. The quantitative estimate of drug-likeness (QED) is 0.358. The van der Waals surface area contributed by atoms with E-state index >= 15 is 0 Å². The molecule has 1 amide bonds. The second-order valence-electron chi connectivity index (χ2n) is 6.90. The molecule has 0 atom stereocenters. The van der Waals surface area contributed by atoms with Gasteiger partial charge in [0.25, 0.3) is 0 Å². The highest BCUT2D eigenvalue weighted by molar-refractivity contribution is 8.00. The summed E-state index contributed by atoms with van der Waals surface area (Å²) in [7, 11) is 0. The van der Waals surface area contributed by atoms with Crippen LogP contribution in [0.15, 0.2) is 29.6 Å². The van der Waals surface area contributed by atoms with Gasteiger partial charge < -0.3 is 5.32 Å². The van der Waals surface area contributed by atoms with Crippen molar-refractivity contribution in [2.45, 2.75) is 37.6 Å². The highest BCUT2D eigenvalue weighted by Gasteiger charge is 2.20. The Morgan fingerprint density at radius 2 is 2.11 bits per heavy atom. The minimum absolute atomic E-state index is 0.0587. The summed E-state index contributed by atoms with van der Waals surface area (Å²) in [4.78, 5) is 28.4. The minimum atomic E-state index is -0.0587. The number of aromatic nitrogens is 3. The minimum Gasteiger partial charge on any atom is -0.301 e. The van der Waals surface area contributed by atoms with Gasteiger partial charge in [0.1, 0.15) is 16.2 Å². The zero-order valence-corrected chi connectivity index (χ0v) is 17.8. The second kappa shape index (κ2) is 7.42. The molecule has 0 unspecified atom stereocenters. The van der Waals surface area contributed by atoms with Crippen molar-refractivity contribution < 1.29 is 4.79 Å². The van der Waals surface area contributed by atoms with Crippen LogP contribution in [0, 0.1) is 6.92 Å². The number of anilines is 1. The second-order valence-corrected chi connectivity index (χ2v) is 9.98. The number of hydrogen-bond acceptors (Lipinski definition) is 7. The molecule has 3 aromatic heterocycles. The van der Waals surface area contributed by atoms with E-state index in [2.05, 4.69) is 26.3 Å². The molecule has 1 aromatic carbocycles. The number of rotatable bonds is 4. The van der Waals surface area contributed by atoms with Crippen LogP contribution in [0.5, 0.6) is 0 Å². The van der Waals surface area contributed by atoms with E-state index in [1.807, 2.05) is 19.1 Å². The van der Waals surface area contributed by atoms with Crippen LogP contribution >= 0.6 is 34.4 Å². The maximum atomic E-state index is 12.5. The molecular weight excluding hydrogens is 408 g/mol. The van der Waals surface area contributed by atoms with Gasteiger partial charge in [0, 0.05) is 10.3 Å². The van der Waals surface area contributed by atoms with E-state index < -0.39 is 0 Å². The van der Waals surface area contributed by atoms with Crippen LogP contribution in [0.3, 0.4) is 0 Å². The number of fused-ring (bicyclic) bond motifs is 4. The summed E-state index contributed by atoms with van der Waals surface area (Å²) in [6, 6.07) is 6.14. The largest absolute Gasteiger partial charge is 0.301 e. The van der Waals surface area contributed by atoms with Gasteiger partial charge in [0.15, 0.2) is 5.13 Å². The molecule has 0 fully saturated rings. The fourth-order valence-electron chi connectivity index (χ4n) is 3.55. The molecule has 5 rings (SSSR count). The third-order valence-corrected chi connectivity index (χ3v) is 7.99. The maximum absolute atomic E-state index is 12.5. The summed E-state index contributed by atoms with van der Waals surface area (Å²) in [6.45, 7) is 2.04. The molecule has 28 heavy (non-hydrogen) atoms. The molecule has 8 heteroatoms. The lowest BCUT2D eigenvalue weighted by molar-refractivity contribution is -0.113. The van der Waals surface area contributed by atoms with Crippen molar-refractivity contribution in [2.24, 2.45) is 0 Å². The van der Waals surface area contributed by atoms with Crippen LogP contribution in [0.25, 0.3) is 20.4 Å². The Morgan fingerprint density at radius 3 is 3.04 bits per heavy atom. The van der Waals surface area contributed by atoms with E-state index in [9.17, 15) is 4.79 Å². The van der Waals surface area contributed by atoms with Gasteiger partial charge in [-0.1, -0.05) is 29.2 Å². The summed E-state index contributed by atoms with van der Waals surface area (Å²) in [5.74, 6) is 0.253. The predicted octanol–water partition coefficient (Wildman–Crippen LogP) is 5.22. The predicted molar refractivity (Wildman–Crippen MR) is 118 cm³/mol. The summed E-state index contributed by atoms with van der Waals surface area (Å²) in [5.41, 5.74) is 3.49. The number of aryl methyl sites for hydroxylation is 3. The van der Waals surface area contributed by atoms with Crippen LogP contribution in [0.4, 0.5) is 5.13 Å². The number of thioether (sulfide) groups is 1. The molecule has 1 aliphatic rings. The highest BCUT2D eigenvalue weighted by Crippen LogP contribution is 2.39. The molecule has 0 aliphatic heterocycles. The van der Waals surface area contributed by atoms with Gasteiger partial charge in [-0.05, 0) is 55.9 Å². The van der Waals surface area contributed by atoms with E-state index in [1.54, 1.807) is 17.7 Å². The van der Waals surface area contributed by atoms with Crippen molar-refractivity contribution in [3.63, 3.8) is 0 Å². The lowest BCUT2D eigenvalue weighted by Gasteiger charge is -2.11. The van der Waals surface area contributed by atoms with Gasteiger partial charge in [0.2, 0.25) is 5.91 Å². The summed E-state index contributed by atoms with van der Waals surface area (Å²) in [6.07, 6.45) is 6.31. The Hall–Kier alpha value is -2.03. The first-order valence-electron chi connectivity index (χ1n) is 9.22. The first kappa shape index (κ1) is 18.0. The van der Waals surface area contributed by atoms with Crippen molar-refractivity contribution in [1.82, 2.24) is 15.0 Å². The first-order chi connectivity index (χ1) is 13.7. The van der Waals surface area contributed by atoms with Crippen LogP contribution in [-0.4, -0.2) is 26.6 Å². The average molecular weight is 427 g/mol. The molecule has 0 spiro atoms. The molecule has 4 aromatic rings. The molecule has 0 radical (unpaired) electrons. The number of nitrogens with zero attached hydrogens (tertiary/aromatic N) is 3. The zero-order valence-electron chi connectivity index (χ0n) is 15.3. The normalized spacial score (nSPS) is 13.8. The average Bonchev–Trinajstić information content (AvgIpc) is 3.26. The number of carbonyl (C=O) groups excluding carboxylic acids is 1. The van der Waals surface area contributed by atoms with Crippen molar-refractivity contribution in [2.75, 3.05) is 11.1 Å². The highest BCUT2D eigenvalue weighted by atomic mass is 32.2. The lowest BCUT2D eigenvalue weighted by Crippen LogP contribution is -2.14. The third-order valence-electron chi connectivity index (χ3n) is 4.85. The van der Waals surface area contributed by atoms with Crippen LogP contribution in [0.2, 0.25) is 0 Å². The molecule has 0 bridgehead atoms. The molecular formula is C20H18N4OS3. The molecule has 1 N–H and O–H groups in total. The summed E-state index contributed by atoms with van der Waals surface area (Å²) >= 11 is 4.77. The van der Waals surface area contributed by atoms with Gasteiger partial charge in [-0.25, -0.2) is 15.0 Å². The lowest BCUT2D eigenvalue weighted by atomic mass is 9.97. The van der Waals surface area contributed by atoms with Crippen LogP contribution in [0.1, 0.15) is 28.8 Å². The zero-order chi connectivity index (χ0) is 19.1. The van der Waals surface area contributed by atoms with E-state index in [-0.39, 0.29) is 5.91 Å². The van der Waals surface area contributed by atoms with Gasteiger partial charge in [-0.2, -0.15) is 0 Å². The van der Waals surface area contributed by atoms with E-state index in [1.165, 1.54) is 46.4 Å².